The van der Waals surface area contributed by atoms with Gasteiger partial charge in [-0.2, -0.15) is 0 Å². The first-order chi connectivity index (χ1) is 12.0. The lowest BCUT2D eigenvalue weighted by molar-refractivity contribution is 0.322. The minimum atomic E-state index is -0.275. The molecule has 3 rings (SSSR count). The lowest BCUT2D eigenvalue weighted by Crippen LogP contribution is -2.32. The predicted molar refractivity (Wildman–Crippen MR) is 99.3 cm³/mol. The van der Waals surface area contributed by atoms with Crippen LogP contribution in [0, 0.1) is 6.92 Å². The van der Waals surface area contributed by atoms with Gasteiger partial charge in [0.2, 0.25) is 0 Å². The Kier molecular flexibility index (Phi) is 4.52. The second kappa shape index (κ2) is 6.76. The summed E-state index contributed by atoms with van der Waals surface area (Å²) in [4.78, 5) is 19.6. The summed E-state index contributed by atoms with van der Waals surface area (Å²) in [6.45, 7) is 5.95. The highest BCUT2D eigenvalue weighted by Gasteiger charge is 2.21. The number of nitrogens with zero attached hydrogens (tertiary/aromatic N) is 4. The highest BCUT2D eigenvalue weighted by Crippen LogP contribution is 2.28. The van der Waals surface area contributed by atoms with Gasteiger partial charge in [0.1, 0.15) is 17.0 Å². The molecule has 1 aromatic carbocycles. The molecule has 0 fully saturated rings. The van der Waals surface area contributed by atoms with E-state index in [-0.39, 0.29) is 17.2 Å². The van der Waals surface area contributed by atoms with Crippen molar-refractivity contribution in [2.45, 2.75) is 26.8 Å². The van der Waals surface area contributed by atoms with Crippen molar-refractivity contribution in [1.82, 2.24) is 9.38 Å². The van der Waals surface area contributed by atoms with Crippen molar-refractivity contribution in [3.8, 4) is 0 Å². The van der Waals surface area contributed by atoms with Crippen LogP contribution in [0.4, 0.5) is 11.5 Å². The summed E-state index contributed by atoms with van der Waals surface area (Å²) in [5, 5.41) is 12.1. The third-order valence-corrected chi connectivity index (χ3v) is 4.03. The van der Waals surface area contributed by atoms with Crippen molar-refractivity contribution in [2.24, 2.45) is 5.16 Å². The molecule has 6 nitrogen and oxygen atoms in total. The Morgan fingerprint density at radius 2 is 1.92 bits per heavy atom. The molecule has 0 atom stereocenters. The Labute approximate surface area is 145 Å². The fourth-order valence-corrected chi connectivity index (χ4v) is 2.91. The lowest BCUT2D eigenvalue weighted by Gasteiger charge is -2.29. The fourth-order valence-electron chi connectivity index (χ4n) is 2.91. The molecule has 0 aliphatic rings. The summed E-state index contributed by atoms with van der Waals surface area (Å²) in [5.41, 5.74) is 2.35. The number of pyridine rings is 1. The second-order valence-corrected chi connectivity index (χ2v) is 6.08. The van der Waals surface area contributed by atoms with Gasteiger partial charge in [0.25, 0.3) is 5.56 Å². The quantitative estimate of drug-likeness (QED) is 0.450. The third-order valence-electron chi connectivity index (χ3n) is 4.03. The van der Waals surface area contributed by atoms with Crippen LogP contribution in [0.1, 0.15) is 25.0 Å². The van der Waals surface area contributed by atoms with Crippen molar-refractivity contribution < 1.29 is 5.21 Å². The van der Waals surface area contributed by atoms with Crippen molar-refractivity contribution in [2.75, 3.05) is 4.90 Å². The van der Waals surface area contributed by atoms with Gasteiger partial charge in [-0.1, -0.05) is 29.4 Å². The van der Waals surface area contributed by atoms with E-state index in [0.29, 0.717) is 11.5 Å². The minimum absolute atomic E-state index is 0.0478. The first kappa shape index (κ1) is 16.7. The van der Waals surface area contributed by atoms with Crippen molar-refractivity contribution in [3.05, 3.63) is 70.1 Å². The molecule has 0 aliphatic carbocycles. The molecule has 6 heteroatoms. The number of hydrogen-bond donors (Lipinski definition) is 1. The average Bonchev–Trinajstić information content (AvgIpc) is 2.60. The number of aryl methyl sites for hydroxylation is 1. The Bertz CT molecular complexity index is 978. The molecule has 0 spiro atoms. The number of benzene rings is 1. The second-order valence-electron chi connectivity index (χ2n) is 6.08. The van der Waals surface area contributed by atoms with Crippen LogP contribution < -0.4 is 10.5 Å². The van der Waals surface area contributed by atoms with Gasteiger partial charge in [0.05, 0.1) is 6.21 Å². The number of anilines is 2. The number of hydrogen-bond acceptors (Lipinski definition) is 5. The SMILES string of the molecule is Cc1cccn2c(=O)c(C=NO)c(N(c3ccccc3)C(C)C)nc12. The number of aromatic nitrogens is 2. The number of fused-ring (bicyclic) bond motifs is 1. The lowest BCUT2D eigenvalue weighted by atomic mass is 10.2. The van der Waals surface area contributed by atoms with Gasteiger partial charge >= 0.3 is 0 Å². The van der Waals surface area contributed by atoms with Crippen LogP contribution in [0.3, 0.4) is 0 Å². The van der Waals surface area contributed by atoms with Crippen molar-refractivity contribution in [3.63, 3.8) is 0 Å². The zero-order valence-electron chi connectivity index (χ0n) is 14.4. The number of rotatable bonds is 4. The summed E-state index contributed by atoms with van der Waals surface area (Å²) in [6.07, 6.45) is 2.82. The molecule has 128 valence electrons. The Morgan fingerprint density at radius 1 is 1.20 bits per heavy atom. The molecule has 0 bridgehead atoms. The van der Waals surface area contributed by atoms with Crippen LogP contribution in [0.15, 0.2) is 58.6 Å². The normalized spacial score (nSPS) is 11.5. The van der Waals surface area contributed by atoms with Crippen LogP contribution >= 0.6 is 0 Å². The van der Waals surface area contributed by atoms with Crippen LogP contribution in [0.5, 0.6) is 0 Å². The highest BCUT2D eigenvalue weighted by atomic mass is 16.4. The monoisotopic (exact) mass is 336 g/mol. The third kappa shape index (κ3) is 2.98. The fraction of sp³-hybridized carbons (Fsp3) is 0.211. The van der Waals surface area contributed by atoms with E-state index in [9.17, 15) is 4.79 Å². The zero-order chi connectivity index (χ0) is 18.0. The molecule has 0 radical (unpaired) electrons. The van der Waals surface area contributed by atoms with Crippen LogP contribution in [-0.4, -0.2) is 26.8 Å². The molecule has 0 amide bonds. The van der Waals surface area contributed by atoms with Gasteiger partial charge < -0.3 is 10.1 Å². The molecule has 0 unspecified atom stereocenters. The Morgan fingerprint density at radius 3 is 2.56 bits per heavy atom. The van der Waals surface area contributed by atoms with Crippen molar-refractivity contribution in [1.29, 1.82) is 0 Å². The zero-order valence-corrected chi connectivity index (χ0v) is 14.4. The molecule has 2 heterocycles. The predicted octanol–water partition coefficient (Wildman–Crippen LogP) is 3.36. The standard InChI is InChI=1S/C19H20N4O2/c1-13(2)23(15-9-5-4-6-10-15)18-16(12-20-25)19(24)22-11-7-8-14(3)17(22)21-18/h4-13,25H,1-3H3. The van der Waals surface area contributed by atoms with Gasteiger partial charge in [-0.25, -0.2) is 4.98 Å². The molecular formula is C19H20N4O2. The van der Waals surface area contributed by atoms with Gasteiger partial charge in [0, 0.05) is 17.9 Å². The summed E-state index contributed by atoms with van der Waals surface area (Å²) < 4.78 is 1.47. The van der Waals surface area contributed by atoms with E-state index in [2.05, 4.69) is 5.16 Å². The molecule has 25 heavy (non-hydrogen) atoms. The van der Waals surface area contributed by atoms with E-state index in [4.69, 9.17) is 10.2 Å². The van der Waals surface area contributed by atoms with Gasteiger partial charge in [-0.05, 0) is 44.5 Å². The molecule has 2 aromatic heterocycles. The van der Waals surface area contributed by atoms with Gasteiger partial charge in [-0.15, -0.1) is 0 Å². The van der Waals surface area contributed by atoms with E-state index < -0.39 is 0 Å². The van der Waals surface area contributed by atoms with E-state index in [0.717, 1.165) is 17.5 Å². The maximum Gasteiger partial charge on any atom is 0.269 e. The molecule has 0 saturated carbocycles. The molecule has 1 N–H and O–H groups in total. The Hall–Kier alpha value is -3.15. The summed E-state index contributed by atoms with van der Waals surface area (Å²) in [5.74, 6) is 0.471. The maximum atomic E-state index is 12.9. The minimum Gasteiger partial charge on any atom is -0.411 e. The van der Waals surface area contributed by atoms with Crippen LogP contribution in [0.25, 0.3) is 5.65 Å². The molecular weight excluding hydrogens is 316 g/mol. The first-order valence-corrected chi connectivity index (χ1v) is 8.08. The first-order valence-electron chi connectivity index (χ1n) is 8.08. The van der Waals surface area contributed by atoms with Crippen LogP contribution in [0.2, 0.25) is 0 Å². The van der Waals surface area contributed by atoms with Gasteiger partial charge in [0.15, 0.2) is 0 Å². The maximum absolute atomic E-state index is 12.9. The van der Waals surface area contributed by atoms with E-state index in [1.807, 2.05) is 62.1 Å². The number of para-hydroxylation sites is 1. The summed E-state index contributed by atoms with van der Waals surface area (Å²) in [6, 6.07) is 13.5. The molecule has 0 aliphatic heterocycles. The van der Waals surface area contributed by atoms with Crippen molar-refractivity contribution >= 4 is 23.4 Å². The largest absolute Gasteiger partial charge is 0.411 e. The van der Waals surface area contributed by atoms with E-state index in [1.165, 1.54) is 4.40 Å². The molecule has 3 aromatic rings. The van der Waals surface area contributed by atoms with E-state index in [1.54, 1.807) is 12.3 Å². The Balaban J connectivity index is 2.38. The number of oxime groups is 1. The van der Waals surface area contributed by atoms with Gasteiger partial charge in [-0.3, -0.25) is 9.20 Å². The smallest absolute Gasteiger partial charge is 0.269 e. The summed E-state index contributed by atoms with van der Waals surface area (Å²) in [7, 11) is 0. The van der Waals surface area contributed by atoms with Crippen LogP contribution in [-0.2, 0) is 0 Å². The average molecular weight is 336 g/mol. The summed E-state index contributed by atoms with van der Waals surface area (Å²) >= 11 is 0. The topological polar surface area (TPSA) is 70.2 Å². The van der Waals surface area contributed by atoms with E-state index >= 15 is 0 Å². The molecule has 0 saturated heterocycles. The highest BCUT2D eigenvalue weighted by molar-refractivity contribution is 5.88.